The molecule has 15 heteroatoms. The van der Waals surface area contributed by atoms with Crippen LogP contribution in [0.3, 0.4) is 0 Å². The van der Waals surface area contributed by atoms with E-state index in [-0.39, 0.29) is 50.9 Å². The van der Waals surface area contributed by atoms with E-state index in [0.29, 0.717) is 11.8 Å². The summed E-state index contributed by atoms with van der Waals surface area (Å²) >= 11 is 0.964. The number of nitrogens with two attached hydrogens (primary N) is 1. The Bertz CT molecular complexity index is 1820. The number of hydrogen-bond donors (Lipinski definition) is 4. The summed E-state index contributed by atoms with van der Waals surface area (Å²) < 4.78 is 39.7. The van der Waals surface area contributed by atoms with Crippen LogP contribution in [0.25, 0.3) is 22.2 Å². The van der Waals surface area contributed by atoms with Gasteiger partial charge in [0.1, 0.15) is 28.1 Å². The van der Waals surface area contributed by atoms with Crippen LogP contribution in [0.5, 0.6) is 5.75 Å². The first-order valence-electron chi connectivity index (χ1n) is 13.0. The predicted molar refractivity (Wildman–Crippen MR) is 163 cm³/mol. The molecule has 5 rings (SSSR count). The summed E-state index contributed by atoms with van der Waals surface area (Å²) in [6.45, 7) is 0.283. The number of anilines is 4. The van der Waals surface area contributed by atoms with Crippen LogP contribution in [0.15, 0.2) is 65.2 Å². The summed E-state index contributed by atoms with van der Waals surface area (Å²) in [6, 6.07) is 15.1. The SMILES string of the molecule is COc1cccc(C(=O)Nc2cc(-c3noc(-c4sc(NC(=O)NCc5ccc(N(C)C)cc5)nc4N)n3)c(F)cc2F)c1. The van der Waals surface area contributed by atoms with Crippen molar-refractivity contribution in [2.75, 3.05) is 42.5 Å². The summed E-state index contributed by atoms with van der Waals surface area (Å²) in [7, 11) is 5.32. The Balaban J connectivity index is 1.28. The second-order valence-electron chi connectivity index (χ2n) is 9.52. The van der Waals surface area contributed by atoms with Crippen molar-refractivity contribution in [3.63, 3.8) is 0 Å². The molecule has 0 aliphatic heterocycles. The highest BCUT2D eigenvalue weighted by Crippen LogP contribution is 2.36. The van der Waals surface area contributed by atoms with E-state index in [9.17, 15) is 18.4 Å². The third kappa shape index (κ3) is 6.73. The van der Waals surface area contributed by atoms with E-state index in [2.05, 4.69) is 31.1 Å². The number of rotatable bonds is 9. The molecule has 2 aromatic heterocycles. The van der Waals surface area contributed by atoms with Crippen molar-refractivity contribution in [1.29, 1.82) is 0 Å². The highest BCUT2D eigenvalue weighted by Gasteiger charge is 2.22. The van der Waals surface area contributed by atoms with E-state index in [1.165, 1.54) is 19.2 Å². The molecule has 0 spiro atoms. The van der Waals surface area contributed by atoms with Crippen molar-refractivity contribution >= 4 is 45.6 Å². The van der Waals surface area contributed by atoms with Gasteiger partial charge in [-0.3, -0.25) is 10.1 Å². The summed E-state index contributed by atoms with van der Waals surface area (Å²) in [5.41, 5.74) is 7.62. The van der Waals surface area contributed by atoms with Crippen LogP contribution in [0.2, 0.25) is 0 Å². The van der Waals surface area contributed by atoms with E-state index in [1.54, 1.807) is 12.1 Å². The fourth-order valence-corrected chi connectivity index (χ4v) is 4.78. The minimum absolute atomic E-state index is 0.00871. The van der Waals surface area contributed by atoms with Crippen LogP contribution in [0.1, 0.15) is 15.9 Å². The van der Waals surface area contributed by atoms with Gasteiger partial charge in [0.25, 0.3) is 11.8 Å². The van der Waals surface area contributed by atoms with Gasteiger partial charge in [-0.05, 0) is 42.0 Å². The number of nitrogens with zero attached hydrogens (tertiary/aromatic N) is 4. The first-order chi connectivity index (χ1) is 21.1. The maximum atomic E-state index is 14.8. The largest absolute Gasteiger partial charge is 0.497 e. The maximum absolute atomic E-state index is 14.8. The van der Waals surface area contributed by atoms with Gasteiger partial charge in [0, 0.05) is 38.0 Å². The van der Waals surface area contributed by atoms with Gasteiger partial charge in [-0.25, -0.2) is 18.6 Å². The van der Waals surface area contributed by atoms with E-state index < -0.39 is 23.6 Å². The average molecular weight is 621 g/mol. The number of aromatic nitrogens is 3. The molecule has 0 saturated heterocycles. The number of ether oxygens (including phenoxy) is 1. The molecule has 0 aliphatic carbocycles. The highest BCUT2D eigenvalue weighted by atomic mass is 32.1. The number of halogens is 2. The lowest BCUT2D eigenvalue weighted by Crippen LogP contribution is -2.28. The fraction of sp³-hybridized carbons (Fsp3) is 0.138. The molecule has 5 N–H and O–H groups in total. The Kier molecular flexibility index (Phi) is 8.66. The number of benzene rings is 3. The molecule has 0 aliphatic rings. The van der Waals surface area contributed by atoms with Crippen LogP contribution in [-0.4, -0.2) is 48.3 Å². The van der Waals surface area contributed by atoms with Crippen LogP contribution in [0.4, 0.5) is 35.9 Å². The molecule has 0 fully saturated rings. The minimum atomic E-state index is -1.00. The lowest BCUT2D eigenvalue weighted by molar-refractivity contribution is 0.102. The zero-order valence-electron chi connectivity index (χ0n) is 23.6. The topological polar surface area (TPSA) is 161 Å². The Hall–Kier alpha value is -5.57. The second-order valence-corrected chi connectivity index (χ2v) is 10.5. The standard InChI is InChI=1S/C29H26F2N8O4S/c1-39(2)17-9-7-15(8-10-17)14-33-28(41)37-29-35-24(32)23(44-29)27-36-25(38-43-27)19-12-22(21(31)13-20(19)30)34-26(40)16-5-4-6-18(11-16)42-3/h4-13H,14,32H2,1-3H3,(H,34,40)(H2,33,35,37,41). The number of thiazole rings is 1. The highest BCUT2D eigenvalue weighted by molar-refractivity contribution is 7.19. The summed E-state index contributed by atoms with van der Waals surface area (Å²) in [4.78, 5) is 35.6. The van der Waals surface area contributed by atoms with Gasteiger partial charge in [0.15, 0.2) is 5.13 Å². The molecule has 3 aromatic carbocycles. The van der Waals surface area contributed by atoms with Crippen LogP contribution in [0, 0.1) is 11.6 Å². The second kappa shape index (κ2) is 12.7. The normalized spacial score (nSPS) is 10.8. The van der Waals surface area contributed by atoms with E-state index in [0.717, 1.165) is 28.7 Å². The van der Waals surface area contributed by atoms with Crippen molar-refractivity contribution in [1.82, 2.24) is 20.4 Å². The van der Waals surface area contributed by atoms with Crippen LogP contribution < -0.4 is 31.3 Å². The van der Waals surface area contributed by atoms with E-state index in [1.807, 2.05) is 43.3 Å². The van der Waals surface area contributed by atoms with E-state index in [4.69, 9.17) is 15.0 Å². The number of amides is 3. The lowest BCUT2D eigenvalue weighted by Gasteiger charge is -2.12. The van der Waals surface area contributed by atoms with Gasteiger partial charge >= 0.3 is 6.03 Å². The Morgan fingerprint density at radius 3 is 2.52 bits per heavy atom. The zero-order chi connectivity index (χ0) is 31.4. The molecule has 0 atom stereocenters. The molecule has 0 radical (unpaired) electrons. The predicted octanol–water partition coefficient (Wildman–Crippen LogP) is 5.37. The molecule has 0 saturated carbocycles. The van der Waals surface area contributed by atoms with Crippen LogP contribution >= 0.6 is 11.3 Å². The van der Waals surface area contributed by atoms with Crippen molar-refractivity contribution in [3.05, 3.63) is 83.4 Å². The van der Waals surface area contributed by atoms with Gasteiger partial charge < -0.3 is 30.5 Å². The number of urea groups is 1. The van der Waals surface area contributed by atoms with Gasteiger partial charge in [-0.15, -0.1) is 0 Å². The molecule has 0 bridgehead atoms. The fourth-order valence-electron chi connectivity index (χ4n) is 3.97. The van der Waals surface area contributed by atoms with Crippen LogP contribution in [-0.2, 0) is 6.54 Å². The van der Waals surface area contributed by atoms with Crippen molar-refractivity contribution in [2.24, 2.45) is 0 Å². The summed E-state index contributed by atoms with van der Waals surface area (Å²) in [5.74, 6) is -2.53. The smallest absolute Gasteiger partial charge is 0.321 e. The van der Waals surface area contributed by atoms with Gasteiger partial charge in [0.2, 0.25) is 5.82 Å². The molecule has 0 unspecified atom stereocenters. The molecule has 12 nitrogen and oxygen atoms in total. The zero-order valence-corrected chi connectivity index (χ0v) is 24.5. The Morgan fingerprint density at radius 2 is 1.80 bits per heavy atom. The molecule has 3 amide bonds. The number of nitrogens with one attached hydrogen (secondary N) is 3. The number of nitrogen functional groups attached to an aromatic ring is 1. The number of carbonyl (C=O) groups is 2. The maximum Gasteiger partial charge on any atom is 0.321 e. The quantitative estimate of drug-likeness (QED) is 0.170. The molecule has 2 heterocycles. The lowest BCUT2D eigenvalue weighted by atomic mass is 10.1. The van der Waals surface area contributed by atoms with Gasteiger partial charge in [-0.2, -0.15) is 4.98 Å². The molecule has 226 valence electrons. The first-order valence-corrected chi connectivity index (χ1v) is 13.8. The number of methoxy groups -OCH3 is 1. The third-order valence-corrected chi connectivity index (χ3v) is 7.25. The molecular weight excluding hydrogens is 594 g/mol. The molecule has 44 heavy (non-hydrogen) atoms. The van der Waals surface area contributed by atoms with E-state index >= 15 is 0 Å². The molecular formula is C29H26F2N8O4S. The average Bonchev–Trinajstić information content (AvgIpc) is 3.63. The van der Waals surface area contributed by atoms with Crippen molar-refractivity contribution < 1.29 is 27.6 Å². The summed E-state index contributed by atoms with van der Waals surface area (Å²) in [6.07, 6.45) is 0. The van der Waals surface area contributed by atoms with Crippen molar-refractivity contribution in [2.45, 2.75) is 6.54 Å². The monoisotopic (exact) mass is 620 g/mol. The minimum Gasteiger partial charge on any atom is -0.497 e. The number of carbonyl (C=O) groups excluding carboxylic acids is 2. The number of hydrogen-bond acceptors (Lipinski definition) is 10. The van der Waals surface area contributed by atoms with Gasteiger partial charge in [-0.1, -0.05) is 34.7 Å². The Morgan fingerprint density at radius 1 is 1.02 bits per heavy atom. The third-order valence-electron chi connectivity index (χ3n) is 6.28. The Labute approximate surface area is 253 Å². The molecule has 5 aromatic rings. The first kappa shape index (κ1) is 29.9. The van der Waals surface area contributed by atoms with Gasteiger partial charge in [0.05, 0.1) is 18.4 Å². The van der Waals surface area contributed by atoms with Crippen molar-refractivity contribution in [3.8, 4) is 27.9 Å². The summed E-state index contributed by atoms with van der Waals surface area (Å²) in [5, 5.41) is 11.7.